The number of aliphatic hydroxyl groups excluding tert-OH is 1. The number of sulfonamides is 1. The van der Waals surface area contributed by atoms with Gasteiger partial charge in [0, 0.05) is 22.7 Å². The molecular weight excluding hydrogens is 344 g/mol. The normalized spacial score (nSPS) is 16.9. The largest absolute Gasteiger partial charge is 0.399 e. The van der Waals surface area contributed by atoms with Gasteiger partial charge in [-0.2, -0.15) is 4.31 Å². The van der Waals surface area contributed by atoms with Gasteiger partial charge in [0.2, 0.25) is 10.0 Å². The Morgan fingerprint density at radius 1 is 1.35 bits per heavy atom. The van der Waals surface area contributed by atoms with Gasteiger partial charge < -0.3 is 10.8 Å². The lowest BCUT2D eigenvalue weighted by atomic mass is 10.2. The molecule has 1 saturated carbocycles. The molecule has 112 valence electrons. The first kappa shape index (κ1) is 15.8. The van der Waals surface area contributed by atoms with Gasteiger partial charge in [-0.05, 0) is 47.0 Å². The predicted octanol–water partition coefficient (Wildman–Crippen LogP) is 1.96. The van der Waals surface area contributed by atoms with Crippen LogP contribution >= 0.6 is 15.9 Å². The highest BCUT2D eigenvalue weighted by Gasteiger charge is 2.33. The van der Waals surface area contributed by atoms with E-state index in [0.29, 0.717) is 10.2 Å². The molecule has 5 nitrogen and oxygen atoms in total. The van der Waals surface area contributed by atoms with Crippen LogP contribution in [0.2, 0.25) is 0 Å². The van der Waals surface area contributed by atoms with Crippen LogP contribution in [0.4, 0.5) is 5.69 Å². The standard InChI is InChI=1S/C13H19BrN2O3S/c14-12-9-10(15)5-6-13(12)20(18,19)16(7-8-17)11-3-1-2-4-11/h5-6,9,11,17H,1-4,7-8,15H2. The number of anilines is 1. The molecule has 20 heavy (non-hydrogen) atoms. The summed E-state index contributed by atoms with van der Waals surface area (Å²) in [6, 6.07) is 4.65. The van der Waals surface area contributed by atoms with E-state index in [-0.39, 0.29) is 24.1 Å². The van der Waals surface area contributed by atoms with Gasteiger partial charge in [0.1, 0.15) is 0 Å². The lowest BCUT2D eigenvalue weighted by molar-refractivity contribution is 0.226. The van der Waals surface area contributed by atoms with E-state index in [0.717, 1.165) is 25.7 Å². The van der Waals surface area contributed by atoms with E-state index in [1.165, 1.54) is 10.4 Å². The van der Waals surface area contributed by atoms with Crippen LogP contribution in [0.5, 0.6) is 0 Å². The number of hydrogen-bond acceptors (Lipinski definition) is 4. The van der Waals surface area contributed by atoms with Crippen molar-refractivity contribution >= 4 is 31.6 Å². The fraction of sp³-hybridized carbons (Fsp3) is 0.538. The molecule has 0 radical (unpaired) electrons. The Balaban J connectivity index is 2.39. The quantitative estimate of drug-likeness (QED) is 0.784. The first-order valence-electron chi connectivity index (χ1n) is 6.64. The summed E-state index contributed by atoms with van der Waals surface area (Å²) in [7, 11) is -3.62. The minimum absolute atomic E-state index is 0.0170. The van der Waals surface area contributed by atoms with Gasteiger partial charge in [0.15, 0.2) is 0 Å². The molecule has 1 fully saturated rings. The zero-order valence-electron chi connectivity index (χ0n) is 11.1. The molecule has 0 spiro atoms. The van der Waals surface area contributed by atoms with E-state index >= 15 is 0 Å². The molecule has 0 amide bonds. The minimum Gasteiger partial charge on any atom is -0.399 e. The van der Waals surface area contributed by atoms with Gasteiger partial charge in [0.25, 0.3) is 0 Å². The van der Waals surface area contributed by atoms with Gasteiger partial charge >= 0.3 is 0 Å². The van der Waals surface area contributed by atoms with Crippen molar-refractivity contribution in [3.8, 4) is 0 Å². The van der Waals surface area contributed by atoms with Crippen LogP contribution in [0.3, 0.4) is 0 Å². The summed E-state index contributed by atoms with van der Waals surface area (Å²) in [6.07, 6.45) is 3.77. The summed E-state index contributed by atoms with van der Waals surface area (Å²) in [5.41, 5.74) is 6.15. The lowest BCUT2D eigenvalue weighted by Gasteiger charge is -2.27. The molecule has 1 aliphatic rings. The zero-order valence-corrected chi connectivity index (χ0v) is 13.5. The number of nitrogens with zero attached hydrogens (tertiary/aromatic N) is 1. The van der Waals surface area contributed by atoms with E-state index in [1.54, 1.807) is 12.1 Å². The summed E-state index contributed by atoms with van der Waals surface area (Å²) in [6.45, 7) is -0.0495. The summed E-state index contributed by atoms with van der Waals surface area (Å²) in [4.78, 5) is 0.201. The Kier molecular flexibility index (Phi) is 5.06. The third-order valence-electron chi connectivity index (χ3n) is 3.59. The molecule has 7 heteroatoms. The maximum absolute atomic E-state index is 12.8. The van der Waals surface area contributed by atoms with Crippen molar-refractivity contribution in [1.82, 2.24) is 4.31 Å². The number of rotatable bonds is 5. The third kappa shape index (κ3) is 3.16. The van der Waals surface area contributed by atoms with E-state index in [1.807, 2.05) is 0 Å². The second-order valence-corrected chi connectivity index (χ2v) is 7.68. The Hall–Kier alpha value is -0.630. The summed E-state index contributed by atoms with van der Waals surface area (Å²) in [5.74, 6) is 0. The molecule has 0 aliphatic heterocycles. The minimum atomic E-state index is -3.62. The van der Waals surface area contributed by atoms with Gasteiger partial charge in [-0.1, -0.05) is 12.8 Å². The summed E-state index contributed by atoms with van der Waals surface area (Å²) < 4.78 is 27.5. The van der Waals surface area contributed by atoms with Crippen LogP contribution in [0.25, 0.3) is 0 Å². The molecule has 0 unspecified atom stereocenters. The molecule has 0 heterocycles. The molecule has 2 rings (SSSR count). The second kappa shape index (κ2) is 6.43. The van der Waals surface area contributed by atoms with Crippen LogP contribution in [-0.4, -0.2) is 37.0 Å². The fourth-order valence-electron chi connectivity index (χ4n) is 2.64. The van der Waals surface area contributed by atoms with E-state index < -0.39 is 10.0 Å². The van der Waals surface area contributed by atoms with Crippen molar-refractivity contribution in [1.29, 1.82) is 0 Å². The van der Waals surface area contributed by atoms with Crippen LogP contribution in [-0.2, 0) is 10.0 Å². The first-order chi connectivity index (χ1) is 9.46. The molecule has 0 saturated heterocycles. The highest BCUT2D eigenvalue weighted by Crippen LogP contribution is 2.32. The number of nitrogen functional groups attached to an aromatic ring is 1. The highest BCUT2D eigenvalue weighted by molar-refractivity contribution is 9.10. The maximum Gasteiger partial charge on any atom is 0.244 e. The number of aliphatic hydroxyl groups is 1. The smallest absolute Gasteiger partial charge is 0.244 e. The predicted molar refractivity (Wildman–Crippen MR) is 81.8 cm³/mol. The zero-order chi connectivity index (χ0) is 14.8. The van der Waals surface area contributed by atoms with Crippen LogP contribution in [0.15, 0.2) is 27.6 Å². The van der Waals surface area contributed by atoms with Crippen LogP contribution in [0, 0.1) is 0 Å². The molecule has 0 bridgehead atoms. The maximum atomic E-state index is 12.8. The number of halogens is 1. The van der Waals surface area contributed by atoms with Gasteiger partial charge in [-0.3, -0.25) is 0 Å². The Morgan fingerprint density at radius 2 is 2.00 bits per heavy atom. The molecule has 3 N–H and O–H groups in total. The number of hydrogen-bond donors (Lipinski definition) is 2. The summed E-state index contributed by atoms with van der Waals surface area (Å²) >= 11 is 3.26. The molecule has 0 aromatic heterocycles. The Morgan fingerprint density at radius 3 is 2.55 bits per heavy atom. The Labute approximate surface area is 128 Å². The fourth-order valence-corrected chi connectivity index (χ4v) is 5.38. The number of benzene rings is 1. The monoisotopic (exact) mass is 362 g/mol. The van der Waals surface area contributed by atoms with Gasteiger partial charge in [0.05, 0.1) is 11.5 Å². The Bertz CT molecular complexity index is 571. The van der Waals surface area contributed by atoms with Gasteiger partial charge in [-0.25, -0.2) is 8.42 Å². The van der Waals surface area contributed by atoms with Crippen molar-refractivity contribution in [2.24, 2.45) is 0 Å². The molecule has 0 atom stereocenters. The third-order valence-corrected chi connectivity index (χ3v) is 6.52. The van der Waals surface area contributed by atoms with Crippen molar-refractivity contribution in [3.05, 3.63) is 22.7 Å². The lowest BCUT2D eigenvalue weighted by Crippen LogP contribution is -2.40. The SMILES string of the molecule is Nc1ccc(S(=O)(=O)N(CCO)C2CCCC2)c(Br)c1. The molecule has 1 aromatic rings. The average Bonchev–Trinajstić information content (AvgIpc) is 2.88. The van der Waals surface area contributed by atoms with E-state index in [9.17, 15) is 13.5 Å². The second-order valence-electron chi connectivity index (χ2n) is 4.97. The first-order valence-corrected chi connectivity index (χ1v) is 8.88. The molecular formula is C13H19BrN2O3S. The van der Waals surface area contributed by atoms with Crippen LogP contribution in [0.1, 0.15) is 25.7 Å². The highest BCUT2D eigenvalue weighted by atomic mass is 79.9. The summed E-state index contributed by atoms with van der Waals surface area (Å²) in [5, 5.41) is 9.18. The number of nitrogens with two attached hydrogens (primary N) is 1. The van der Waals surface area contributed by atoms with Gasteiger partial charge in [-0.15, -0.1) is 0 Å². The average molecular weight is 363 g/mol. The van der Waals surface area contributed by atoms with E-state index in [4.69, 9.17) is 5.73 Å². The van der Waals surface area contributed by atoms with Crippen molar-refractivity contribution < 1.29 is 13.5 Å². The van der Waals surface area contributed by atoms with E-state index in [2.05, 4.69) is 15.9 Å². The van der Waals surface area contributed by atoms with Crippen LogP contribution < -0.4 is 5.73 Å². The topological polar surface area (TPSA) is 83.6 Å². The van der Waals surface area contributed by atoms with Crippen molar-refractivity contribution in [3.63, 3.8) is 0 Å². The molecule has 1 aliphatic carbocycles. The molecule has 1 aromatic carbocycles. The van der Waals surface area contributed by atoms with Crippen molar-refractivity contribution in [2.45, 2.75) is 36.6 Å². The van der Waals surface area contributed by atoms with Crippen molar-refractivity contribution in [2.75, 3.05) is 18.9 Å².